The highest BCUT2D eigenvalue weighted by atomic mass is 16.1. The second-order valence-corrected chi connectivity index (χ2v) is 4.65. The zero-order valence-corrected chi connectivity index (χ0v) is 10.6. The number of hydrogen-bond acceptors (Lipinski definition) is 1. The smallest absolute Gasteiger partial charge is 0.136 e. The minimum atomic E-state index is 0.231. The molecule has 0 aliphatic heterocycles. The number of Topliss-reactive ketones (excluding diaryl/α,β-unsaturated/α-hetero) is 1. The predicted molar refractivity (Wildman–Crippen MR) is 68.6 cm³/mol. The van der Waals surface area contributed by atoms with Gasteiger partial charge in [-0.15, -0.1) is 0 Å². The summed E-state index contributed by atoms with van der Waals surface area (Å²) in [6, 6.07) is 8.41. The van der Waals surface area contributed by atoms with Gasteiger partial charge in [-0.05, 0) is 25.3 Å². The van der Waals surface area contributed by atoms with Crippen LogP contribution in [0.3, 0.4) is 0 Å². The molecule has 0 radical (unpaired) electrons. The highest BCUT2D eigenvalue weighted by molar-refractivity contribution is 5.80. The van der Waals surface area contributed by atoms with E-state index in [1.54, 1.807) is 0 Å². The summed E-state index contributed by atoms with van der Waals surface area (Å²) in [6.45, 7) is 6.26. The van der Waals surface area contributed by atoms with E-state index in [0.29, 0.717) is 12.2 Å². The molecule has 88 valence electrons. The molecule has 0 saturated heterocycles. The molecule has 1 atom stereocenters. The Bertz CT molecular complexity index is 341. The van der Waals surface area contributed by atoms with Gasteiger partial charge in [-0.2, -0.15) is 0 Å². The standard InChI is InChI=1S/C15H22O/c1-4-6-13(3)15(16)10-9-14-8-5-7-12(2)11-14/h5,7-8,11,13H,4,6,9-10H2,1-3H3. The molecule has 0 aliphatic carbocycles. The summed E-state index contributed by atoms with van der Waals surface area (Å²) in [5.74, 6) is 0.637. The van der Waals surface area contributed by atoms with Crippen LogP contribution >= 0.6 is 0 Å². The van der Waals surface area contributed by atoms with Crippen molar-refractivity contribution in [3.63, 3.8) is 0 Å². The van der Waals surface area contributed by atoms with Gasteiger partial charge in [-0.1, -0.05) is 50.1 Å². The molecule has 0 N–H and O–H groups in total. The summed E-state index contributed by atoms with van der Waals surface area (Å²) >= 11 is 0. The largest absolute Gasteiger partial charge is 0.299 e. The fraction of sp³-hybridized carbons (Fsp3) is 0.533. The molecule has 1 nitrogen and oxygen atoms in total. The molecular formula is C15H22O. The maximum absolute atomic E-state index is 11.8. The summed E-state index contributed by atoms with van der Waals surface area (Å²) in [5, 5.41) is 0. The van der Waals surface area contributed by atoms with Gasteiger partial charge in [-0.3, -0.25) is 4.79 Å². The van der Waals surface area contributed by atoms with E-state index in [1.165, 1.54) is 11.1 Å². The van der Waals surface area contributed by atoms with Gasteiger partial charge in [0.2, 0.25) is 0 Å². The van der Waals surface area contributed by atoms with E-state index in [2.05, 4.69) is 38.1 Å². The Hall–Kier alpha value is -1.11. The second kappa shape index (κ2) is 6.47. The first-order chi connectivity index (χ1) is 7.63. The first-order valence-corrected chi connectivity index (χ1v) is 6.21. The molecule has 0 saturated carbocycles. The van der Waals surface area contributed by atoms with E-state index in [0.717, 1.165) is 19.3 Å². The number of benzene rings is 1. The molecular weight excluding hydrogens is 196 g/mol. The van der Waals surface area contributed by atoms with Gasteiger partial charge in [0.15, 0.2) is 0 Å². The zero-order chi connectivity index (χ0) is 12.0. The Kier molecular flexibility index (Phi) is 5.24. The number of carbonyl (C=O) groups is 1. The minimum absolute atomic E-state index is 0.231. The van der Waals surface area contributed by atoms with Crippen LogP contribution in [0.5, 0.6) is 0 Å². The fourth-order valence-electron chi connectivity index (χ4n) is 1.98. The summed E-state index contributed by atoms with van der Waals surface area (Å²) in [7, 11) is 0. The van der Waals surface area contributed by atoms with Crippen LogP contribution < -0.4 is 0 Å². The van der Waals surface area contributed by atoms with E-state index in [1.807, 2.05) is 6.92 Å². The van der Waals surface area contributed by atoms with Crippen molar-refractivity contribution in [1.29, 1.82) is 0 Å². The molecule has 0 heterocycles. The second-order valence-electron chi connectivity index (χ2n) is 4.65. The van der Waals surface area contributed by atoms with Crippen LogP contribution in [0.1, 0.15) is 44.2 Å². The van der Waals surface area contributed by atoms with Crippen LogP contribution in [0.4, 0.5) is 0 Å². The van der Waals surface area contributed by atoms with Crippen LogP contribution in [-0.2, 0) is 11.2 Å². The van der Waals surface area contributed by atoms with E-state index in [4.69, 9.17) is 0 Å². The summed E-state index contributed by atoms with van der Waals surface area (Å²) < 4.78 is 0. The first kappa shape index (κ1) is 13.0. The summed E-state index contributed by atoms with van der Waals surface area (Å²) in [6.07, 6.45) is 3.68. The maximum atomic E-state index is 11.8. The Morgan fingerprint density at radius 3 is 2.75 bits per heavy atom. The summed E-state index contributed by atoms with van der Waals surface area (Å²) in [5.41, 5.74) is 2.55. The number of ketones is 1. The van der Waals surface area contributed by atoms with Gasteiger partial charge < -0.3 is 0 Å². The van der Waals surface area contributed by atoms with Gasteiger partial charge in [0.25, 0.3) is 0 Å². The molecule has 1 heteroatoms. The lowest BCUT2D eigenvalue weighted by molar-refractivity contribution is -0.122. The Balaban J connectivity index is 2.42. The van der Waals surface area contributed by atoms with E-state index in [-0.39, 0.29) is 5.92 Å². The molecule has 16 heavy (non-hydrogen) atoms. The average molecular weight is 218 g/mol. The van der Waals surface area contributed by atoms with Crippen molar-refractivity contribution >= 4 is 5.78 Å². The topological polar surface area (TPSA) is 17.1 Å². The SMILES string of the molecule is CCCC(C)C(=O)CCc1cccc(C)c1. The first-order valence-electron chi connectivity index (χ1n) is 6.21. The molecule has 0 bridgehead atoms. The molecule has 1 aromatic carbocycles. The average Bonchev–Trinajstić information content (AvgIpc) is 2.26. The highest BCUT2D eigenvalue weighted by Crippen LogP contribution is 2.12. The number of rotatable bonds is 6. The lowest BCUT2D eigenvalue weighted by Crippen LogP contribution is -2.11. The quantitative estimate of drug-likeness (QED) is 0.707. The molecule has 1 unspecified atom stereocenters. The van der Waals surface area contributed by atoms with Crippen LogP contribution in [0.15, 0.2) is 24.3 Å². The van der Waals surface area contributed by atoms with Crippen LogP contribution in [0.25, 0.3) is 0 Å². The van der Waals surface area contributed by atoms with Crippen LogP contribution in [0, 0.1) is 12.8 Å². The van der Waals surface area contributed by atoms with Gasteiger partial charge >= 0.3 is 0 Å². The maximum Gasteiger partial charge on any atom is 0.136 e. The number of aryl methyl sites for hydroxylation is 2. The molecule has 1 rings (SSSR count). The van der Waals surface area contributed by atoms with Gasteiger partial charge in [0.05, 0.1) is 0 Å². The van der Waals surface area contributed by atoms with Crippen molar-refractivity contribution < 1.29 is 4.79 Å². The zero-order valence-electron chi connectivity index (χ0n) is 10.6. The third kappa shape index (κ3) is 4.18. The highest BCUT2D eigenvalue weighted by Gasteiger charge is 2.11. The Labute approximate surface area is 98.9 Å². The Morgan fingerprint density at radius 2 is 2.12 bits per heavy atom. The van der Waals surface area contributed by atoms with Crippen molar-refractivity contribution in [3.05, 3.63) is 35.4 Å². The number of hydrogen-bond donors (Lipinski definition) is 0. The number of carbonyl (C=O) groups excluding carboxylic acids is 1. The van der Waals surface area contributed by atoms with Crippen molar-refractivity contribution in [2.45, 2.75) is 46.5 Å². The molecule has 1 aromatic rings. The van der Waals surface area contributed by atoms with Crippen LogP contribution in [0.2, 0.25) is 0 Å². The lowest BCUT2D eigenvalue weighted by atomic mass is 9.95. The molecule has 0 aliphatic rings. The van der Waals surface area contributed by atoms with E-state index >= 15 is 0 Å². The predicted octanol–water partition coefficient (Wildman–Crippen LogP) is 3.93. The molecule has 0 fully saturated rings. The minimum Gasteiger partial charge on any atom is -0.299 e. The normalized spacial score (nSPS) is 12.4. The van der Waals surface area contributed by atoms with Crippen molar-refractivity contribution in [2.75, 3.05) is 0 Å². The third-order valence-corrected chi connectivity index (χ3v) is 3.01. The molecule has 0 amide bonds. The summed E-state index contributed by atoms with van der Waals surface area (Å²) in [4.78, 5) is 11.8. The molecule has 0 spiro atoms. The van der Waals surface area contributed by atoms with Crippen LogP contribution in [-0.4, -0.2) is 5.78 Å². The third-order valence-electron chi connectivity index (χ3n) is 3.01. The van der Waals surface area contributed by atoms with Gasteiger partial charge in [0, 0.05) is 12.3 Å². The lowest BCUT2D eigenvalue weighted by Gasteiger charge is -2.08. The van der Waals surface area contributed by atoms with E-state index in [9.17, 15) is 4.79 Å². The van der Waals surface area contributed by atoms with Crippen molar-refractivity contribution in [3.8, 4) is 0 Å². The van der Waals surface area contributed by atoms with Gasteiger partial charge in [0.1, 0.15) is 5.78 Å². The Morgan fingerprint density at radius 1 is 1.38 bits per heavy atom. The monoisotopic (exact) mass is 218 g/mol. The van der Waals surface area contributed by atoms with Gasteiger partial charge in [-0.25, -0.2) is 0 Å². The van der Waals surface area contributed by atoms with Crippen molar-refractivity contribution in [2.24, 2.45) is 5.92 Å². The molecule has 0 aromatic heterocycles. The fourth-order valence-corrected chi connectivity index (χ4v) is 1.98. The van der Waals surface area contributed by atoms with E-state index < -0.39 is 0 Å². The van der Waals surface area contributed by atoms with Crippen molar-refractivity contribution in [1.82, 2.24) is 0 Å².